The summed E-state index contributed by atoms with van der Waals surface area (Å²) in [5.41, 5.74) is 1.44. The number of esters is 1. The standard InChI is InChI=1S/C25H42FN3O4.C8H14O2.C8H12O.CH4O/c1-8-12-14-21(26)28-24(23(18(5)6)27-16-19(7)10-3)29-25(31)33-20(11-4)17-32-22(30)15-13-9-2;1-4-6-8(5-2,7-9)10-3;1-2-3-4-8(9)7-5-6-7;1-2/h14,16,19-20H,8-13,15,17H2,1-7H3,(H,28,29,31);2,9H,4,6-7H2,1,3H3;5H,2-4,6H2,1H3;2H,1H3/b21-14+,27-16?;;;. The molecule has 1 rings (SSSR count). The Bertz CT molecular complexity index is 1240. The van der Waals surface area contributed by atoms with Crippen molar-refractivity contribution in [1.29, 1.82) is 0 Å². The molecule has 3 atom stereocenters. The van der Waals surface area contributed by atoms with Crippen LogP contribution in [0.15, 0.2) is 44.9 Å². The third-order valence-corrected chi connectivity index (χ3v) is 7.82. The van der Waals surface area contributed by atoms with E-state index in [0.29, 0.717) is 37.2 Å². The molecule has 54 heavy (non-hydrogen) atoms. The van der Waals surface area contributed by atoms with E-state index < -0.39 is 23.7 Å². The smallest absolute Gasteiger partial charge is 0.413 e. The number of hydrogen-bond acceptors (Lipinski definition) is 10. The number of nitrogens with one attached hydrogen (secondary N) is 1. The van der Waals surface area contributed by atoms with Gasteiger partial charge in [-0.2, -0.15) is 4.39 Å². The predicted molar refractivity (Wildman–Crippen MR) is 218 cm³/mol. The molecule has 0 spiro atoms. The summed E-state index contributed by atoms with van der Waals surface area (Å²) < 4.78 is 30.0. The van der Waals surface area contributed by atoms with Gasteiger partial charge >= 0.3 is 12.1 Å². The zero-order valence-corrected chi connectivity index (χ0v) is 35.2. The number of methoxy groups -OCH3 is 1. The van der Waals surface area contributed by atoms with Crippen molar-refractivity contribution >= 4 is 29.9 Å². The molecule has 3 N–H and O–H groups in total. The molecule has 12 heteroatoms. The first-order valence-electron chi connectivity index (χ1n) is 19.4. The molecule has 11 nitrogen and oxygen atoms in total. The van der Waals surface area contributed by atoms with Crippen LogP contribution >= 0.6 is 0 Å². The number of carbonyl (C=O) groups excluding carboxylic acids is 3. The number of allylic oxidation sites excluding steroid dienone is 4. The zero-order valence-electron chi connectivity index (χ0n) is 35.2. The van der Waals surface area contributed by atoms with Gasteiger partial charge in [-0.15, -0.1) is 6.42 Å². The number of unbranched alkanes of at least 4 members (excludes halogenated alkanes) is 3. The number of aliphatic hydroxyl groups excluding tert-OH is 2. The number of amides is 1. The molecule has 1 aliphatic rings. The van der Waals surface area contributed by atoms with Crippen LogP contribution in [-0.2, 0) is 23.8 Å². The molecule has 0 saturated carbocycles. The predicted octanol–water partition coefficient (Wildman–Crippen LogP) is 9.13. The number of aliphatic hydroxyl groups is 2. The van der Waals surface area contributed by atoms with Gasteiger partial charge in [-0.05, 0) is 81.9 Å². The van der Waals surface area contributed by atoms with E-state index >= 15 is 0 Å². The second kappa shape index (κ2) is 35.1. The number of amidine groups is 1. The number of nitrogens with zero attached hydrogens (tertiary/aromatic N) is 2. The largest absolute Gasteiger partial charge is 0.462 e. The van der Waals surface area contributed by atoms with E-state index in [9.17, 15) is 18.8 Å². The minimum Gasteiger partial charge on any atom is -0.462 e. The van der Waals surface area contributed by atoms with E-state index in [1.165, 1.54) is 13.2 Å². The molecule has 0 bridgehead atoms. The molecule has 0 aromatic heterocycles. The normalized spacial score (nSPS) is 14.1. The molecule has 1 aliphatic carbocycles. The number of aliphatic imine (C=N–C) groups is 2. The highest BCUT2D eigenvalue weighted by atomic mass is 19.1. The average molecular weight is 766 g/mol. The first-order chi connectivity index (χ1) is 25.8. The first kappa shape index (κ1) is 54.7. The lowest BCUT2D eigenvalue weighted by atomic mass is 10.0. The van der Waals surface area contributed by atoms with Crippen molar-refractivity contribution in [2.24, 2.45) is 15.9 Å². The lowest BCUT2D eigenvalue weighted by molar-refractivity contribution is -0.146. The van der Waals surface area contributed by atoms with Gasteiger partial charge in [-0.25, -0.2) is 9.79 Å². The van der Waals surface area contributed by atoms with E-state index in [-0.39, 0.29) is 30.9 Å². The van der Waals surface area contributed by atoms with E-state index in [1.54, 1.807) is 6.21 Å². The highest BCUT2D eigenvalue weighted by Gasteiger charge is 2.24. The van der Waals surface area contributed by atoms with Crippen molar-refractivity contribution < 1.29 is 43.2 Å². The van der Waals surface area contributed by atoms with Crippen LogP contribution in [0.2, 0.25) is 0 Å². The van der Waals surface area contributed by atoms with Gasteiger partial charge in [-0.3, -0.25) is 19.9 Å². The third-order valence-electron chi connectivity index (χ3n) is 7.82. The summed E-state index contributed by atoms with van der Waals surface area (Å²) in [5, 5.41) is 18.4. The van der Waals surface area contributed by atoms with Crippen molar-refractivity contribution in [3.05, 3.63) is 34.9 Å². The van der Waals surface area contributed by atoms with E-state index in [4.69, 9.17) is 30.8 Å². The fraction of sp³-hybridized carbons (Fsp3) is 0.690. The van der Waals surface area contributed by atoms with Crippen LogP contribution in [0.3, 0.4) is 0 Å². The molecular weight excluding hydrogens is 693 g/mol. The molecule has 0 fully saturated rings. The SMILES string of the molecule is C#CC(CO)(CCC)OC.CCC/C=C(F)/N=C(/NC(=O)OC(CC)COC(=O)CCCC)C(N=CC(C)CC)=C(C)C.CCCCC(=O)C1=CC1.CO. The number of ketones is 1. The lowest BCUT2D eigenvalue weighted by Crippen LogP contribution is -2.36. The summed E-state index contributed by atoms with van der Waals surface area (Å²) in [6, 6.07) is 0. The van der Waals surface area contributed by atoms with Crippen molar-refractivity contribution in [3.8, 4) is 12.3 Å². The Kier molecular flexibility index (Phi) is 35.5. The van der Waals surface area contributed by atoms with Crippen LogP contribution in [0.1, 0.15) is 146 Å². The van der Waals surface area contributed by atoms with Crippen molar-refractivity contribution in [3.63, 3.8) is 0 Å². The molecule has 0 aromatic carbocycles. The fourth-order valence-corrected chi connectivity index (χ4v) is 3.98. The number of hydrogen-bond donors (Lipinski definition) is 3. The van der Waals surface area contributed by atoms with E-state index in [2.05, 4.69) is 28.1 Å². The second-order valence-electron chi connectivity index (χ2n) is 12.8. The van der Waals surface area contributed by atoms with Crippen LogP contribution in [-0.4, -0.2) is 79.2 Å². The Hall–Kier alpha value is -3.66. The number of rotatable bonds is 22. The summed E-state index contributed by atoms with van der Waals surface area (Å²) in [7, 11) is 2.52. The summed E-state index contributed by atoms with van der Waals surface area (Å²) in [6.07, 6.45) is 19.0. The third kappa shape index (κ3) is 27.9. The summed E-state index contributed by atoms with van der Waals surface area (Å²) >= 11 is 0. The topological polar surface area (TPSA) is 156 Å². The molecule has 0 aromatic rings. The van der Waals surface area contributed by atoms with Gasteiger partial charge in [0.15, 0.2) is 17.2 Å². The maximum Gasteiger partial charge on any atom is 0.413 e. The molecule has 1 amide bonds. The maximum atomic E-state index is 14.4. The number of carbonyl (C=O) groups is 3. The van der Waals surface area contributed by atoms with E-state index in [0.717, 1.165) is 76.0 Å². The quantitative estimate of drug-likeness (QED) is 0.0324. The number of halogens is 1. The first-order valence-corrected chi connectivity index (χ1v) is 19.4. The Labute approximate surface area is 326 Å². The number of alkyl carbamates (subject to hydrolysis) is 1. The van der Waals surface area contributed by atoms with Crippen LogP contribution in [0, 0.1) is 18.3 Å². The Morgan fingerprint density at radius 3 is 2.07 bits per heavy atom. The van der Waals surface area contributed by atoms with Gasteiger partial charge in [-0.1, -0.05) is 86.1 Å². The molecule has 0 radical (unpaired) electrons. The Morgan fingerprint density at radius 2 is 1.65 bits per heavy atom. The van der Waals surface area contributed by atoms with Gasteiger partial charge in [0.1, 0.15) is 18.4 Å². The molecule has 0 aliphatic heterocycles. The molecule has 0 saturated heterocycles. The lowest BCUT2D eigenvalue weighted by Gasteiger charge is -2.23. The Balaban J connectivity index is -0.000000993. The van der Waals surface area contributed by atoms with Crippen molar-refractivity contribution in [1.82, 2.24) is 5.32 Å². The van der Waals surface area contributed by atoms with Crippen LogP contribution in [0.5, 0.6) is 0 Å². The zero-order chi connectivity index (χ0) is 42.0. The van der Waals surface area contributed by atoms with Crippen LogP contribution in [0.4, 0.5) is 9.18 Å². The monoisotopic (exact) mass is 766 g/mol. The minimum absolute atomic E-state index is 0.0285. The van der Waals surface area contributed by atoms with Crippen molar-refractivity contribution in [2.75, 3.05) is 27.4 Å². The number of ether oxygens (including phenoxy) is 3. The maximum absolute atomic E-state index is 14.4. The molecule has 3 unspecified atom stereocenters. The van der Waals surface area contributed by atoms with Crippen molar-refractivity contribution in [2.45, 2.75) is 157 Å². The summed E-state index contributed by atoms with van der Waals surface area (Å²) in [6.45, 7) is 17.4. The van der Waals surface area contributed by atoms with Gasteiger partial charge in [0.05, 0.1) is 6.61 Å². The van der Waals surface area contributed by atoms with Gasteiger partial charge in [0, 0.05) is 33.3 Å². The van der Waals surface area contributed by atoms with E-state index in [1.807, 2.05) is 61.5 Å². The highest BCUT2D eigenvalue weighted by Crippen LogP contribution is 2.21. The minimum atomic E-state index is -0.814. The second-order valence-corrected chi connectivity index (χ2v) is 12.8. The molecule has 0 heterocycles. The number of Topliss-reactive ketones (excluding diaryl/α,β-unsaturated/α-hetero) is 1. The highest BCUT2D eigenvalue weighted by molar-refractivity contribution is 6.07. The number of terminal acetylenes is 1. The fourth-order valence-electron chi connectivity index (χ4n) is 3.98. The van der Waals surface area contributed by atoms with Crippen LogP contribution < -0.4 is 5.32 Å². The molecule has 310 valence electrons. The van der Waals surface area contributed by atoms with Gasteiger partial charge in [0.2, 0.25) is 5.95 Å². The average Bonchev–Trinajstić information content (AvgIpc) is 4.03. The molecular formula is C42H72FN3O8. The Morgan fingerprint density at radius 1 is 1.04 bits per heavy atom. The summed E-state index contributed by atoms with van der Waals surface area (Å²) in [5.74, 6) is 1.97. The van der Waals surface area contributed by atoms with Crippen LogP contribution in [0.25, 0.3) is 0 Å². The summed E-state index contributed by atoms with van der Waals surface area (Å²) in [4.78, 5) is 43.6. The van der Waals surface area contributed by atoms with Gasteiger partial charge < -0.3 is 24.4 Å². The van der Waals surface area contributed by atoms with Gasteiger partial charge in [0.25, 0.3) is 0 Å².